The number of ether oxygens (including phenoxy) is 1. The molecule has 2 aliphatic heterocycles. The first-order valence-electron chi connectivity index (χ1n) is 10.5. The molecule has 8 heteroatoms. The van der Waals surface area contributed by atoms with Crippen molar-refractivity contribution in [1.29, 1.82) is 0 Å². The first kappa shape index (κ1) is 19.9. The number of carbonyl (C=O) groups is 2. The van der Waals surface area contributed by atoms with Crippen LogP contribution in [0.15, 0.2) is 77.6 Å². The van der Waals surface area contributed by atoms with E-state index in [2.05, 4.69) is 10.3 Å². The van der Waals surface area contributed by atoms with Crippen molar-refractivity contribution in [3.8, 4) is 0 Å². The smallest absolute Gasteiger partial charge is 0.365 e. The van der Waals surface area contributed by atoms with Gasteiger partial charge in [0.25, 0.3) is 0 Å². The van der Waals surface area contributed by atoms with Gasteiger partial charge in [0.2, 0.25) is 5.90 Å². The van der Waals surface area contributed by atoms with Gasteiger partial charge in [0.15, 0.2) is 5.70 Å². The van der Waals surface area contributed by atoms with Crippen LogP contribution in [0.25, 0.3) is 10.9 Å². The molecule has 1 fully saturated rings. The van der Waals surface area contributed by atoms with E-state index < -0.39 is 5.97 Å². The SMILES string of the molecule is Cn1c(C2=N/C(=C/N3CCN(C(=O)Nc4ccccc4)CC3)C(=O)O2)cc2ccccc21. The maximum atomic E-state index is 12.5. The molecule has 1 saturated heterocycles. The van der Waals surface area contributed by atoms with E-state index in [0.717, 1.165) is 22.3 Å². The van der Waals surface area contributed by atoms with E-state index >= 15 is 0 Å². The Morgan fingerprint density at radius 2 is 1.75 bits per heavy atom. The summed E-state index contributed by atoms with van der Waals surface area (Å²) in [6.07, 6.45) is 1.73. The summed E-state index contributed by atoms with van der Waals surface area (Å²) in [6.45, 7) is 2.32. The third-order valence-electron chi connectivity index (χ3n) is 5.72. The van der Waals surface area contributed by atoms with Gasteiger partial charge in [-0.2, -0.15) is 0 Å². The van der Waals surface area contributed by atoms with Gasteiger partial charge in [0.05, 0.1) is 0 Å². The van der Waals surface area contributed by atoms with Gasteiger partial charge in [-0.05, 0) is 24.3 Å². The van der Waals surface area contributed by atoms with Crippen molar-refractivity contribution >= 4 is 34.5 Å². The van der Waals surface area contributed by atoms with Gasteiger partial charge >= 0.3 is 12.0 Å². The van der Waals surface area contributed by atoms with Crippen LogP contribution in [0.1, 0.15) is 5.69 Å². The molecule has 3 heterocycles. The van der Waals surface area contributed by atoms with Crippen LogP contribution in [0.3, 0.4) is 0 Å². The molecule has 32 heavy (non-hydrogen) atoms. The summed E-state index contributed by atoms with van der Waals surface area (Å²) in [5.74, 6) is -0.157. The Hall–Kier alpha value is -4.07. The summed E-state index contributed by atoms with van der Waals surface area (Å²) in [5.41, 5.74) is 2.84. The van der Waals surface area contributed by atoms with E-state index in [4.69, 9.17) is 4.74 Å². The Morgan fingerprint density at radius 1 is 1.03 bits per heavy atom. The van der Waals surface area contributed by atoms with Gasteiger partial charge in [-0.3, -0.25) is 0 Å². The molecular formula is C24H23N5O3. The van der Waals surface area contributed by atoms with Gasteiger partial charge in [0, 0.05) is 56.0 Å². The molecular weight excluding hydrogens is 406 g/mol. The molecule has 3 aromatic rings. The highest BCUT2D eigenvalue weighted by molar-refractivity contribution is 6.12. The van der Waals surface area contributed by atoms with E-state index in [-0.39, 0.29) is 11.7 Å². The second-order valence-electron chi connectivity index (χ2n) is 7.79. The first-order valence-corrected chi connectivity index (χ1v) is 10.5. The number of piperazine rings is 1. The lowest BCUT2D eigenvalue weighted by atomic mass is 10.2. The van der Waals surface area contributed by atoms with Crippen molar-refractivity contribution in [3.05, 3.63) is 78.3 Å². The molecule has 0 bridgehead atoms. The van der Waals surface area contributed by atoms with E-state index in [1.54, 1.807) is 11.1 Å². The summed E-state index contributed by atoms with van der Waals surface area (Å²) >= 11 is 0. The molecule has 2 aliphatic rings. The minimum Gasteiger partial charge on any atom is -0.400 e. The number of rotatable bonds is 3. The number of nitrogens with zero attached hydrogens (tertiary/aromatic N) is 4. The maximum Gasteiger partial charge on any atom is 0.365 e. The Morgan fingerprint density at radius 3 is 2.50 bits per heavy atom. The average molecular weight is 429 g/mol. The van der Waals surface area contributed by atoms with Crippen LogP contribution in [-0.4, -0.2) is 58.4 Å². The lowest BCUT2D eigenvalue weighted by Gasteiger charge is -2.34. The Bertz CT molecular complexity index is 1240. The molecule has 2 amide bonds. The number of fused-ring (bicyclic) bond motifs is 1. The number of para-hydroxylation sites is 2. The van der Waals surface area contributed by atoms with Crippen molar-refractivity contribution in [2.45, 2.75) is 0 Å². The summed E-state index contributed by atoms with van der Waals surface area (Å²) in [6, 6.07) is 19.2. The number of nitrogens with one attached hydrogen (secondary N) is 1. The number of carbonyl (C=O) groups excluding carboxylic acids is 2. The van der Waals surface area contributed by atoms with Crippen LogP contribution in [0, 0.1) is 0 Å². The molecule has 5 rings (SSSR count). The third kappa shape index (κ3) is 3.82. The van der Waals surface area contributed by atoms with Gasteiger partial charge < -0.3 is 24.4 Å². The van der Waals surface area contributed by atoms with Crippen LogP contribution < -0.4 is 5.32 Å². The van der Waals surface area contributed by atoms with Crippen molar-refractivity contribution < 1.29 is 14.3 Å². The number of benzene rings is 2. The first-order chi connectivity index (χ1) is 15.6. The van der Waals surface area contributed by atoms with Crippen molar-refractivity contribution in [3.63, 3.8) is 0 Å². The number of esters is 1. The third-order valence-corrected chi connectivity index (χ3v) is 5.72. The predicted octanol–water partition coefficient (Wildman–Crippen LogP) is 3.17. The number of anilines is 1. The van der Waals surface area contributed by atoms with Gasteiger partial charge in [-0.25, -0.2) is 14.6 Å². The number of aryl methyl sites for hydroxylation is 1. The largest absolute Gasteiger partial charge is 0.400 e. The zero-order valence-electron chi connectivity index (χ0n) is 17.7. The molecule has 2 aromatic carbocycles. The molecule has 0 atom stereocenters. The van der Waals surface area contributed by atoms with E-state index in [1.165, 1.54) is 0 Å². The lowest BCUT2D eigenvalue weighted by Crippen LogP contribution is -2.48. The normalized spacial score (nSPS) is 17.6. The topological polar surface area (TPSA) is 79.2 Å². The number of urea groups is 1. The van der Waals surface area contributed by atoms with Crippen molar-refractivity contribution in [1.82, 2.24) is 14.4 Å². The predicted molar refractivity (Wildman–Crippen MR) is 122 cm³/mol. The number of aromatic nitrogens is 1. The summed E-state index contributed by atoms with van der Waals surface area (Å²) in [5, 5.41) is 3.96. The second kappa shape index (κ2) is 8.22. The molecule has 8 nitrogen and oxygen atoms in total. The molecule has 1 N–H and O–H groups in total. The van der Waals surface area contributed by atoms with E-state index in [0.29, 0.717) is 32.1 Å². The minimum atomic E-state index is -0.463. The Labute approximate surface area is 185 Å². The number of amides is 2. The molecule has 0 unspecified atom stereocenters. The van der Waals surface area contributed by atoms with Crippen LogP contribution >= 0.6 is 0 Å². The molecule has 0 aliphatic carbocycles. The number of hydrogen-bond donors (Lipinski definition) is 1. The summed E-state index contributed by atoms with van der Waals surface area (Å²) < 4.78 is 7.43. The van der Waals surface area contributed by atoms with Crippen molar-refractivity contribution in [2.24, 2.45) is 12.0 Å². The minimum absolute atomic E-state index is 0.125. The lowest BCUT2D eigenvalue weighted by molar-refractivity contribution is -0.130. The maximum absolute atomic E-state index is 12.5. The summed E-state index contributed by atoms with van der Waals surface area (Å²) in [4.78, 5) is 33.1. The Balaban J connectivity index is 1.25. The standard InChI is InChI=1S/C24H23N5O3/c1-27-20-10-6-5-7-17(20)15-21(27)22-26-19(23(30)32-22)16-28-11-13-29(14-12-28)24(31)25-18-8-3-2-4-9-18/h2-10,15-16H,11-14H2,1H3,(H,25,31)/b19-16+. The number of hydrogen-bond acceptors (Lipinski definition) is 5. The quantitative estimate of drug-likeness (QED) is 0.512. The highest BCUT2D eigenvalue weighted by Crippen LogP contribution is 2.23. The molecule has 0 saturated carbocycles. The molecule has 0 radical (unpaired) electrons. The average Bonchev–Trinajstić information content (AvgIpc) is 3.34. The second-order valence-corrected chi connectivity index (χ2v) is 7.79. The monoisotopic (exact) mass is 429 g/mol. The summed E-state index contributed by atoms with van der Waals surface area (Å²) in [7, 11) is 1.93. The van der Waals surface area contributed by atoms with E-state index in [1.807, 2.05) is 77.2 Å². The number of cyclic esters (lactones) is 1. The van der Waals surface area contributed by atoms with Gasteiger partial charge in [-0.15, -0.1) is 0 Å². The fourth-order valence-electron chi connectivity index (χ4n) is 3.95. The molecule has 162 valence electrons. The zero-order chi connectivity index (χ0) is 22.1. The Kier molecular flexibility index (Phi) is 5.10. The highest BCUT2D eigenvalue weighted by Gasteiger charge is 2.28. The number of aliphatic imine (C=N–C) groups is 1. The van der Waals surface area contributed by atoms with E-state index in [9.17, 15) is 9.59 Å². The van der Waals surface area contributed by atoms with Crippen LogP contribution in [-0.2, 0) is 16.6 Å². The fourth-order valence-corrected chi connectivity index (χ4v) is 3.95. The van der Waals surface area contributed by atoms with Gasteiger partial charge in [0.1, 0.15) is 5.69 Å². The van der Waals surface area contributed by atoms with Crippen LogP contribution in [0.5, 0.6) is 0 Å². The van der Waals surface area contributed by atoms with Crippen LogP contribution in [0.2, 0.25) is 0 Å². The van der Waals surface area contributed by atoms with Gasteiger partial charge in [-0.1, -0.05) is 36.4 Å². The fraction of sp³-hybridized carbons (Fsp3) is 0.208. The zero-order valence-corrected chi connectivity index (χ0v) is 17.7. The molecule has 0 spiro atoms. The highest BCUT2D eigenvalue weighted by atomic mass is 16.6. The van der Waals surface area contributed by atoms with Crippen molar-refractivity contribution in [2.75, 3.05) is 31.5 Å². The molecule has 1 aromatic heterocycles. The van der Waals surface area contributed by atoms with Crippen LogP contribution in [0.4, 0.5) is 10.5 Å².